The summed E-state index contributed by atoms with van der Waals surface area (Å²) in [4.78, 5) is 21.6. The third-order valence-corrected chi connectivity index (χ3v) is 7.18. The Hall–Kier alpha value is -4.44. The quantitative estimate of drug-likeness (QED) is 0.291. The van der Waals surface area contributed by atoms with Crippen LogP contribution in [0.15, 0.2) is 78.9 Å². The second-order valence-corrected chi connectivity index (χ2v) is 9.81. The van der Waals surface area contributed by atoms with Crippen molar-refractivity contribution < 1.29 is 22.7 Å². The van der Waals surface area contributed by atoms with E-state index in [-0.39, 0.29) is 17.0 Å². The fourth-order valence-corrected chi connectivity index (χ4v) is 5.08. The molecule has 0 unspecified atom stereocenters. The Kier molecular flexibility index (Phi) is 6.63. The Morgan fingerprint density at radius 3 is 2.42 bits per heavy atom. The summed E-state index contributed by atoms with van der Waals surface area (Å²) in [6.07, 6.45) is -4.69. The van der Waals surface area contributed by atoms with Gasteiger partial charge in [0, 0.05) is 44.4 Å². The minimum absolute atomic E-state index is 0.0296. The Labute approximate surface area is 228 Å². The molecule has 0 bridgehead atoms. The van der Waals surface area contributed by atoms with E-state index in [4.69, 9.17) is 4.74 Å². The average molecular weight is 546 g/mol. The summed E-state index contributed by atoms with van der Waals surface area (Å²) >= 11 is 0. The standard InChI is InChI=1S/C30H26F3N5O2/c1-40-24-8-4-5-20(15-24)19-36-11-13-37(14-12-36)29(39)26-18-28-34-25(17-27(30(31,32)33)38(28)35-26)23-10-9-21-6-2-3-7-22(21)16-23/h2-10,15-18H,11-14,19H2,1H3. The highest BCUT2D eigenvalue weighted by atomic mass is 19.4. The monoisotopic (exact) mass is 545 g/mol. The number of halogens is 3. The van der Waals surface area contributed by atoms with Crippen LogP contribution in [0.5, 0.6) is 5.75 Å². The summed E-state index contributed by atoms with van der Waals surface area (Å²) in [5, 5.41) is 5.93. The fraction of sp³-hybridized carbons (Fsp3) is 0.233. The van der Waals surface area contributed by atoms with Gasteiger partial charge in [0.25, 0.3) is 5.91 Å². The first-order valence-electron chi connectivity index (χ1n) is 12.9. The van der Waals surface area contributed by atoms with E-state index in [1.54, 1.807) is 18.1 Å². The Balaban J connectivity index is 1.24. The molecule has 1 aliphatic rings. The highest BCUT2D eigenvalue weighted by Gasteiger charge is 2.36. The van der Waals surface area contributed by atoms with E-state index >= 15 is 0 Å². The number of carbonyl (C=O) groups is 1. The number of benzene rings is 3. The third kappa shape index (κ3) is 5.10. The molecular formula is C30H26F3N5O2. The zero-order valence-electron chi connectivity index (χ0n) is 21.7. The molecule has 5 aromatic rings. The second kappa shape index (κ2) is 10.3. The van der Waals surface area contributed by atoms with Gasteiger partial charge >= 0.3 is 6.18 Å². The first kappa shape index (κ1) is 25.8. The number of rotatable bonds is 5. The maximum atomic E-state index is 14.1. The van der Waals surface area contributed by atoms with Gasteiger partial charge in [-0.05, 0) is 40.6 Å². The summed E-state index contributed by atoms with van der Waals surface area (Å²) in [7, 11) is 1.63. The zero-order chi connectivity index (χ0) is 27.9. The summed E-state index contributed by atoms with van der Waals surface area (Å²) in [6, 6.07) is 23.2. The molecule has 204 valence electrons. The van der Waals surface area contributed by atoms with Crippen LogP contribution < -0.4 is 4.74 Å². The van der Waals surface area contributed by atoms with Crippen LogP contribution in [0.3, 0.4) is 0 Å². The molecule has 40 heavy (non-hydrogen) atoms. The molecule has 3 aromatic carbocycles. The highest BCUT2D eigenvalue weighted by Crippen LogP contribution is 2.33. The van der Waals surface area contributed by atoms with Gasteiger partial charge < -0.3 is 9.64 Å². The van der Waals surface area contributed by atoms with Gasteiger partial charge in [0.05, 0.1) is 12.8 Å². The molecule has 0 radical (unpaired) electrons. The van der Waals surface area contributed by atoms with Gasteiger partial charge in [-0.25, -0.2) is 9.50 Å². The summed E-state index contributed by atoms with van der Waals surface area (Å²) in [5.74, 6) is 0.376. The molecule has 0 aliphatic carbocycles. The van der Waals surface area contributed by atoms with Gasteiger partial charge in [-0.15, -0.1) is 0 Å². The summed E-state index contributed by atoms with van der Waals surface area (Å²) < 4.78 is 48.3. The van der Waals surface area contributed by atoms with Crippen molar-refractivity contribution >= 4 is 22.3 Å². The summed E-state index contributed by atoms with van der Waals surface area (Å²) in [6.45, 7) is 2.87. The number of ether oxygens (including phenoxy) is 1. The normalized spacial score (nSPS) is 14.7. The molecular weight excluding hydrogens is 519 g/mol. The smallest absolute Gasteiger partial charge is 0.433 e. The number of piperazine rings is 1. The predicted molar refractivity (Wildman–Crippen MR) is 145 cm³/mol. The van der Waals surface area contributed by atoms with Crippen LogP contribution in [0.2, 0.25) is 0 Å². The molecule has 0 saturated carbocycles. The lowest BCUT2D eigenvalue weighted by atomic mass is 10.0. The zero-order valence-corrected chi connectivity index (χ0v) is 21.7. The van der Waals surface area contributed by atoms with E-state index in [1.807, 2.05) is 60.7 Å². The van der Waals surface area contributed by atoms with Gasteiger partial charge in [-0.3, -0.25) is 9.69 Å². The predicted octanol–water partition coefficient (Wildman–Crippen LogP) is 5.53. The number of hydrogen-bond donors (Lipinski definition) is 0. The molecule has 1 amide bonds. The Morgan fingerprint density at radius 2 is 1.68 bits per heavy atom. The van der Waals surface area contributed by atoms with Crippen LogP contribution in [0.4, 0.5) is 13.2 Å². The fourth-order valence-electron chi connectivity index (χ4n) is 5.08. The lowest BCUT2D eigenvalue weighted by molar-refractivity contribution is -0.142. The van der Waals surface area contributed by atoms with Gasteiger partial charge in [-0.1, -0.05) is 48.5 Å². The van der Waals surface area contributed by atoms with Gasteiger partial charge in [0.2, 0.25) is 0 Å². The maximum absolute atomic E-state index is 14.1. The topological polar surface area (TPSA) is 63.0 Å². The molecule has 6 rings (SSSR count). The highest BCUT2D eigenvalue weighted by molar-refractivity contribution is 5.93. The minimum Gasteiger partial charge on any atom is -0.497 e. The van der Waals surface area contributed by atoms with E-state index in [2.05, 4.69) is 15.0 Å². The third-order valence-electron chi connectivity index (χ3n) is 7.18. The Bertz CT molecular complexity index is 1710. The van der Waals surface area contributed by atoms with E-state index in [0.717, 1.165) is 32.7 Å². The van der Waals surface area contributed by atoms with E-state index in [9.17, 15) is 18.0 Å². The van der Waals surface area contributed by atoms with Crippen LogP contribution in [-0.4, -0.2) is 63.6 Å². The number of hydrogen-bond acceptors (Lipinski definition) is 5. The van der Waals surface area contributed by atoms with Crippen molar-refractivity contribution in [1.29, 1.82) is 0 Å². The Morgan fingerprint density at radius 1 is 0.900 bits per heavy atom. The number of amides is 1. The molecule has 1 saturated heterocycles. The number of nitrogens with zero attached hydrogens (tertiary/aromatic N) is 5. The van der Waals surface area contributed by atoms with E-state index in [1.165, 1.54) is 6.07 Å². The lowest BCUT2D eigenvalue weighted by Crippen LogP contribution is -2.48. The van der Waals surface area contributed by atoms with Crippen molar-refractivity contribution in [2.24, 2.45) is 0 Å². The van der Waals surface area contributed by atoms with Gasteiger partial charge in [-0.2, -0.15) is 18.3 Å². The minimum atomic E-state index is -4.69. The molecule has 1 aliphatic heterocycles. The molecule has 7 nitrogen and oxygen atoms in total. The molecule has 0 atom stereocenters. The molecule has 0 spiro atoms. The number of fused-ring (bicyclic) bond motifs is 2. The van der Waals surface area contributed by atoms with E-state index < -0.39 is 17.8 Å². The second-order valence-electron chi connectivity index (χ2n) is 9.81. The number of methoxy groups -OCH3 is 1. The average Bonchev–Trinajstić information content (AvgIpc) is 3.40. The molecule has 3 heterocycles. The molecule has 2 aromatic heterocycles. The van der Waals surface area contributed by atoms with Crippen LogP contribution in [0, 0.1) is 0 Å². The van der Waals surface area contributed by atoms with Crippen molar-refractivity contribution in [1.82, 2.24) is 24.4 Å². The summed E-state index contributed by atoms with van der Waals surface area (Å²) in [5.41, 5.74) is 0.742. The molecule has 10 heteroatoms. The number of carbonyl (C=O) groups excluding carboxylic acids is 1. The van der Waals surface area contributed by atoms with Gasteiger partial charge in [0.15, 0.2) is 17.0 Å². The van der Waals surface area contributed by atoms with Crippen LogP contribution in [0.25, 0.3) is 27.7 Å². The first-order valence-corrected chi connectivity index (χ1v) is 12.9. The van der Waals surface area contributed by atoms with Crippen LogP contribution in [-0.2, 0) is 12.7 Å². The number of aromatic nitrogens is 3. The van der Waals surface area contributed by atoms with Gasteiger partial charge in [0.1, 0.15) is 5.75 Å². The van der Waals surface area contributed by atoms with Crippen molar-refractivity contribution in [3.05, 3.63) is 95.8 Å². The number of alkyl halides is 3. The first-order chi connectivity index (χ1) is 19.3. The molecule has 1 fully saturated rings. The van der Waals surface area contributed by atoms with Crippen LogP contribution >= 0.6 is 0 Å². The van der Waals surface area contributed by atoms with Crippen LogP contribution in [0.1, 0.15) is 21.7 Å². The van der Waals surface area contributed by atoms with Crippen molar-refractivity contribution in [2.75, 3.05) is 33.3 Å². The van der Waals surface area contributed by atoms with Crippen molar-refractivity contribution in [3.63, 3.8) is 0 Å². The SMILES string of the molecule is COc1cccc(CN2CCN(C(=O)c3cc4nc(-c5ccc6ccccc6c5)cc(C(F)(F)F)n4n3)CC2)c1. The largest absolute Gasteiger partial charge is 0.497 e. The van der Waals surface area contributed by atoms with Crippen molar-refractivity contribution in [2.45, 2.75) is 12.7 Å². The molecule has 0 N–H and O–H groups in total. The van der Waals surface area contributed by atoms with Crippen molar-refractivity contribution in [3.8, 4) is 17.0 Å². The maximum Gasteiger partial charge on any atom is 0.433 e. The lowest BCUT2D eigenvalue weighted by Gasteiger charge is -2.34. The van der Waals surface area contributed by atoms with E-state index in [0.29, 0.717) is 38.3 Å².